The predicted molar refractivity (Wildman–Crippen MR) is 111 cm³/mol. The van der Waals surface area contributed by atoms with Gasteiger partial charge in [0.15, 0.2) is 5.82 Å². The molecule has 2 aromatic rings. The summed E-state index contributed by atoms with van der Waals surface area (Å²) in [7, 11) is 1.49. The lowest BCUT2D eigenvalue weighted by Crippen LogP contribution is -2.38. The van der Waals surface area contributed by atoms with E-state index in [4.69, 9.17) is 14.0 Å². The van der Waals surface area contributed by atoms with Crippen molar-refractivity contribution in [3.8, 4) is 5.75 Å². The molecule has 0 spiro atoms. The van der Waals surface area contributed by atoms with Gasteiger partial charge in [-0.2, -0.15) is 4.98 Å². The topological polar surface area (TPSA) is 144 Å². The Bertz CT molecular complexity index is 1060. The van der Waals surface area contributed by atoms with Crippen molar-refractivity contribution in [2.75, 3.05) is 32.2 Å². The second-order valence-corrected chi connectivity index (χ2v) is 7.67. The molecule has 0 unspecified atom stereocenters. The predicted octanol–water partition coefficient (Wildman–Crippen LogP) is 0.977. The highest BCUT2D eigenvalue weighted by Gasteiger charge is 2.45. The Hall–Kier alpha value is -3.80. The van der Waals surface area contributed by atoms with Gasteiger partial charge < -0.3 is 19.3 Å². The number of hydrogen-bond acceptors (Lipinski definition) is 9. The normalized spacial score (nSPS) is 17.1. The average Bonchev–Trinajstić information content (AvgIpc) is 3.34. The molecule has 1 aromatic carbocycles. The zero-order chi connectivity index (χ0) is 23.4. The van der Waals surface area contributed by atoms with Crippen molar-refractivity contribution in [3.63, 3.8) is 0 Å². The first kappa shape index (κ1) is 22.4. The number of rotatable bonds is 8. The summed E-state index contributed by atoms with van der Waals surface area (Å²) in [6.45, 7) is 0.943. The van der Waals surface area contributed by atoms with Crippen LogP contribution in [0.15, 0.2) is 28.8 Å². The van der Waals surface area contributed by atoms with Gasteiger partial charge in [-0.25, -0.2) is 9.69 Å². The van der Waals surface area contributed by atoms with Gasteiger partial charge in [-0.3, -0.25) is 19.3 Å². The summed E-state index contributed by atoms with van der Waals surface area (Å²) < 4.78 is 15.6. The Labute approximate surface area is 188 Å². The van der Waals surface area contributed by atoms with E-state index in [0.29, 0.717) is 24.7 Å². The highest BCUT2D eigenvalue weighted by Crippen LogP contribution is 2.24. The number of anilines is 1. The highest BCUT2D eigenvalue weighted by atomic mass is 16.5. The molecule has 5 amide bonds. The lowest BCUT2D eigenvalue weighted by atomic mass is 10.00. The zero-order valence-electron chi connectivity index (χ0n) is 18.0. The van der Waals surface area contributed by atoms with Crippen LogP contribution in [-0.4, -0.2) is 70.6 Å². The minimum atomic E-state index is -0.944. The molecule has 0 atom stereocenters. The standard InChI is InChI=1S/C21H23N5O7/c1-31-15-5-3-2-4-14(15)22-17(27)10-16-23-18(33-24-16)12-26-20(29)19(28)25(21(26)30)11-13-6-8-32-9-7-13/h2-5,13H,6-12H2,1H3,(H,22,27). The summed E-state index contributed by atoms with van der Waals surface area (Å²) >= 11 is 0. The number of amides is 5. The maximum absolute atomic E-state index is 12.7. The Morgan fingerprint density at radius 1 is 1.15 bits per heavy atom. The third-order valence-electron chi connectivity index (χ3n) is 5.42. The van der Waals surface area contributed by atoms with Crippen LogP contribution in [0.2, 0.25) is 0 Å². The van der Waals surface area contributed by atoms with Crippen molar-refractivity contribution < 1.29 is 33.2 Å². The number of methoxy groups -OCH3 is 1. The number of imide groups is 2. The van der Waals surface area contributed by atoms with Crippen molar-refractivity contribution in [2.45, 2.75) is 25.8 Å². The van der Waals surface area contributed by atoms with Crippen molar-refractivity contribution in [1.29, 1.82) is 0 Å². The fourth-order valence-electron chi connectivity index (χ4n) is 3.69. The third-order valence-corrected chi connectivity index (χ3v) is 5.42. The Kier molecular flexibility index (Phi) is 6.63. The fraction of sp³-hybridized carbons (Fsp3) is 0.429. The van der Waals surface area contributed by atoms with Crippen LogP contribution < -0.4 is 10.1 Å². The molecule has 4 rings (SSSR count). The number of urea groups is 1. The number of nitrogens with one attached hydrogen (secondary N) is 1. The van der Waals surface area contributed by atoms with E-state index in [-0.39, 0.29) is 37.1 Å². The molecule has 0 radical (unpaired) electrons. The van der Waals surface area contributed by atoms with Gasteiger partial charge in [0, 0.05) is 19.8 Å². The lowest BCUT2D eigenvalue weighted by Gasteiger charge is -2.25. The molecule has 2 aliphatic rings. The second-order valence-electron chi connectivity index (χ2n) is 7.67. The van der Waals surface area contributed by atoms with Crippen LogP contribution in [-0.2, 0) is 32.1 Å². The quantitative estimate of drug-likeness (QED) is 0.453. The van der Waals surface area contributed by atoms with Crippen LogP contribution in [0.1, 0.15) is 24.6 Å². The number of carbonyl (C=O) groups is 4. The number of carbonyl (C=O) groups excluding carboxylic acids is 4. The van der Waals surface area contributed by atoms with Gasteiger partial charge in [0.05, 0.1) is 19.2 Å². The summed E-state index contributed by atoms with van der Waals surface area (Å²) in [5, 5.41) is 6.42. The molecular weight excluding hydrogens is 434 g/mol. The summed E-state index contributed by atoms with van der Waals surface area (Å²) in [5.74, 6) is -1.61. The van der Waals surface area contributed by atoms with E-state index >= 15 is 0 Å². The molecular formula is C21H23N5O7. The van der Waals surface area contributed by atoms with Crippen LogP contribution >= 0.6 is 0 Å². The number of para-hydroxylation sites is 2. The molecule has 0 bridgehead atoms. The maximum Gasteiger partial charge on any atom is 0.334 e. The van der Waals surface area contributed by atoms with E-state index in [1.54, 1.807) is 24.3 Å². The number of nitrogens with zero attached hydrogens (tertiary/aromatic N) is 4. The van der Waals surface area contributed by atoms with Gasteiger partial charge in [-0.15, -0.1) is 0 Å². The molecule has 2 aliphatic heterocycles. The minimum Gasteiger partial charge on any atom is -0.495 e. The van der Waals surface area contributed by atoms with Gasteiger partial charge in [0.2, 0.25) is 11.8 Å². The average molecular weight is 457 g/mol. The Balaban J connectivity index is 1.35. The van der Waals surface area contributed by atoms with Crippen LogP contribution in [0, 0.1) is 5.92 Å². The van der Waals surface area contributed by atoms with Gasteiger partial charge in [0.25, 0.3) is 0 Å². The van der Waals surface area contributed by atoms with Crippen LogP contribution in [0.25, 0.3) is 0 Å². The molecule has 174 valence electrons. The van der Waals surface area contributed by atoms with Crippen molar-refractivity contribution >= 4 is 29.4 Å². The molecule has 12 nitrogen and oxygen atoms in total. The van der Waals surface area contributed by atoms with E-state index < -0.39 is 23.8 Å². The Morgan fingerprint density at radius 2 is 1.88 bits per heavy atom. The number of benzene rings is 1. The van der Waals surface area contributed by atoms with Gasteiger partial charge >= 0.3 is 17.8 Å². The first-order valence-electron chi connectivity index (χ1n) is 10.5. The van der Waals surface area contributed by atoms with Crippen LogP contribution in [0.3, 0.4) is 0 Å². The third kappa shape index (κ3) is 5.00. The summed E-state index contributed by atoms with van der Waals surface area (Å²) in [4.78, 5) is 55.4. The number of aromatic nitrogens is 2. The van der Waals surface area contributed by atoms with Crippen molar-refractivity contribution in [3.05, 3.63) is 36.0 Å². The smallest absolute Gasteiger partial charge is 0.334 e. The second kappa shape index (κ2) is 9.77. The van der Waals surface area contributed by atoms with E-state index in [2.05, 4.69) is 15.5 Å². The largest absolute Gasteiger partial charge is 0.495 e. The summed E-state index contributed by atoms with van der Waals surface area (Å²) in [6.07, 6.45) is 1.24. The summed E-state index contributed by atoms with van der Waals surface area (Å²) in [6, 6.07) is 6.20. The van der Waals surface area contributed by atoms with E-state index in [1.807, 2.05) is 0 Å². The van der Waals surface area contributed by atoms with E-state index in [1.165, 1.54) is 7.11 Å². The zero-order valence-corrected chi connectivity index (χ0v) is 18.0. The summed E-state index contributed by atoms with van der Waals surface area (Å²) in [5.41, 5.74) is 0.491. The lowest BCUT2D eigenvalue weighted by molar-refractivity contribution is -0.143. The van der Waals surface area contributed by atoms with E-state index in [0.717, 1.165) is 22.6 Å². The maximum atomic E-state index is 12.7. The highest BCUT2D eigenvalue weighted by molar-refractivity contribution is 6.44. The molecule has 2 fully saturated rings. The van der Waals surface area contributed by atoms with Gasteiger partial charge in [-0.05, 0) is 30.9 Å². The fourth-order valence-corrected chi connectivity index (χ4v) is 3.69. The van der Waals surface area contributed by atoms with Crippen molar-refractivity contribution in [1.82, 2.24) is 19.9 Å². The number of ether oxygens (including phenoxy) is 2. The monoisotopic (exact) mass is 457 g/mol. The van der Waals surface area contributed by atoms with Gasteiger partial charge in [0.1, 0.15) is 12.3 Å². The molecule has 3 heterocycles. The first-order valence-corrected chi connectivity index (χ1v) is 10.5. The molecule has 0 saturated carbocycles. The van der Waals surface area contributed by atoms with Crippen LogP contribution in [0.5, 0.6) is 5.75 Å². The SMILES string of the molecule is COc1ccccc1NC(=O)Cc1noc(CN2C(=O)C(=O)N(CC3CCOCC3)C2=O)n1. The molecule has 0 aliphatic carbocycles. The molecule has 1 N–H and O–H groups in total. The molecule has 1 aromatic heterocycles. The van der Waals surface area contributed by atoms with Crippen LogP contribution in [0.4, 0.5) is 10.5 Å². The molecule has 2 saturated heterocycles. The van der Waals surface area contributed by atoms with Crippen molar-refractivity contribution in [2.24, 2.45) is 5.92 Å². The number of hydrogen-bond donors (Lipinski definition) is 1. The molecule has 33 heavy (non-hydrogen) atoms. The molecule has 12 heteroatoms. The van der Waals surface area contributed by atoms with E-state index in [9.17, 15) is 19.2 Å². The van der Waals surface area contributed by atoms with Gasteiger partial charge in [-0.1, -0.05) is 17.3 Å². The minimum absolute atomic E-state index is 0.0579. The Morgan fingerprint density at radius 3 is 2.64 bits per heavy atom. The first-order chi connectivity index (χ1) is 16.0.